The van der Waals surface area contributed by atoms with Gasteiger partial charge in [-0.2, -0.15) is 0 Å². The predicted molar refractivity (Wildman–Crippen MR) is 88.4 cm³/mol. The fourth-order valence-corrected chi connectivity index (χ4v) is 3.96. The van der Waals surface area contributed by atoms with Crippen molar-refractivity contribution in [1.29, 1.82) is 0 Å². The molecule has 3 nitrogen and oxygen atoms in total. The van der Waals surface area contributed by atoms with E-state index in [0.29, 0.717) is 0 Å². The molecule has 112 valence electrons. The van der Waals surface area contributed by atoms with Crippen LogP contribution in [0.4, 0.5) is 10.8 Å². The Morgan fingerprint density at radius 1 is 1.33 bits per heavy atom. The molecule has 2 aromatic rings. The van der Waals surface area contributed by atoms with Gasteiger partial charge in [0.05, 0.1) is 11.8 Å². The summed E-state index contributed by atoms with van der Waals surface area (Å²) in [5.41, 5.74) is 2.10. The number of thiazole rings is 1. The van der Waals surface area contributed by atoms with E-state index in [-0.39, 0.29) is 6.10 Å². The second-order valence-corrected chi connectivity index (χ2v) is 6.62. The lowest BCUT2D eigenvalue weighted by Gasteiger charge is -2.21. The fraction of sp³-hybridized carbons (Fsp3) is 0.471. The lowest BCUT2D eigenvalue weighted by Crippen LogP contribution is -2.18. The molecule has 1 N–H and O–H groups in total. The standard InChI is InChI=1S/C17H22N2OS/c1-2-3-12-19(13-8-5-4-6-9-13)17-18-16-14(20)10-7-11-15(16)21-17/h4-6,8-9,14,20H,2-3,7,10-12H2,1H3. The summed E-state index contributed by atoms with van der Waals surface area (Å²) in [6.07, 6.45) is 4.90. The molecule has 0 saturated heterocycles. The minimum absolute atomic E-state index is 0.373. The number of aliphatic hydroxyl groups is 1. The number of para-hydroxylation sites is 1. The third kappa shape index (κ3) is 3.11. The molecular weight excluding hydrogens is 280 g/mol. The monoisotopic (exact) mass is 302 g/mol. The molecule has 4 heteroatoms. The Morgan fingerprint density at radius 2 is 2.14 bits per heavy atom. The van der Waals surface area contributed by atoms with Crippen LogP contribution >= 0.6 is 11.3 Å². The van der Waals surface area contributed by atoms with E-state index in [0.717, 1.165) is 49.5 Å². The number of unbranched alkanes of at least 4 members (excludes halogenated alkanes) is 1. The molecule has 1 unspecified atom stereocenters. The highest BCUT2D eigenvalue weighted by Crippen LogP contribution is 2.38. The number of aliphatic hydroxyl groups excluding tert-OH is 1. The molecule has 1 aromatic carbocycles. The number of rotatable bonds is 5. The lowest BCUT2D eigenvalue weighted by molar-refractivity contribution is 0.153. The molecule has 0 amide bonds. The van der Waals surface area contributed by atoms with Gasteiger partial charge in [-0.15, -0.1) is 11.3 Å². The van der Waals surface area contributed by atoms with Crippen molar-refractivity contribution in [2.75, 3.05) is 11.4 Å². The summed E-state index contributed by atoms with van der Waals surface area (Å²) >= 11 is 1.75. The number of nitrogens with zero attached hydrogens (tertiary/aromatic N) is 2. The highest BCUT2D eigenvalue weighted by atomic mass is 32.1. The molecule has 1 atom stereocenters. The van der Waals surface area contributed by atoms with Gasteiger partial charge >= 0.3 is 0 Å². The Labute approximate surface area is 130 Å². The van der Waals surface area contributed by atoms with Crippen LogP contribution in [-0.4, -0.2) is 16.6 Å². The van der Waals surface area contributed by atoms with Gasteiger partial charge in [0.1, 0.15) is 0 Å². The number of fused-ring (bicyclic) bond motifs is 1. The van der Waals surface area contributed by atoms with Crippen LogP contribution in [0.15, 0.2) is 30.3 Å². The summed E-state index contributed by atoms with van der Waals surface area (Å²) in [6.45, 7) is 3.18. The van der Waals surface area contributed by atoms with E-state index in [1.165, 1.54) is 10.6 Å². The first-order valence-electron chi connectivity index (χ1n) is 7.80. The maximum Gasteiger partial charge on any atom is 0.190 e. The molecule has 0 aliphatic heterocycles. The third-order valence-electron chi connectivity index (χ3n) is 3.95. The minimum atomic E-state index is -0.373. The summed E-state index contributed by atoms with van der Waals surface area (Å²) in [4.78, 5) is 8.31. The molecule has 0 radical (unpaired) electrons. The summed E-state index contributed by atoms with van der Waals surface area (Å²) in [5.74, 6) is 0. The molecule has 1 heterocycles. The van der Waals surface area contributed by atoms with Gasteiger partial charge in [0.25, 0.3) is 0 Å². The topological polar surface area (TPSA) is 36.4 Å². The van der Waals surface area contributed by atoms with Gasteiger partial charge < -0.3 is 10.0 Å². The number of anilines is 2. The molecule has 0 spiro atoms. The van der Waals surface area contributed by atoms with Gasteiger partial charge in [-0.05, 0) is 37.8 Å². The van der Waals surface area contributed by atoms with Gasteiger partial charge in [-0.25, -0.2) is 4.98 Å². The second-order valence-electron chi connectivity index (χ2n) is 5.55. The number of aromatic nitrogens is 1. The first kappa shape index (κ1) is 14.5. The smallest absolute Gasteiger partial charge is 0.190 e. The van der Waals surface area contributed by atoms with Gasteiger partial charge in [-0.1, -0.05) is 31.5 Å². The van der Waals surface area contributed by atoms with Gasteiger partial charge in [-0.3, -0.25) is 0 Å². The van der Waals surface area contributed by atoms with Crippen molar-refractivity contribution in [1.82, 2.24) is 4.98 Å². The van der Waals surface area contributed by atoms with E-state index < -0.39 is 0 Å². The van der Waals surface area contributed by atoms with Crippen molar-refractivity contribution >= 4 is 22.2 Å². The Bertz CT molecular complexity index is 582. The van der Waals surface area contributed by atoms with Crippen LogP contribution < -0.4 is 4.90 Å². The number of hydrogen-bond donors (Lipinski definition) is 1. The summed E-state index contributed by atoms with van der Waals surface area (Å²) in [5, 5.41) is 11.2. The fourth-order valence-electron chi connectivity index (χ4n) is 2.76. The van der Waals surface area contributed by atoms with Crippen molar-refractivity contribution in [3.05, 3.63) is 40.9 Å². The second kappa shape index (κ2) is 6.58. The molecule has 0 saturated carbocycles. The maximum atomic E-state index is 10.1. The quantitative estimate of drug-likeness (QED) is 0.886. The normalized spacial score (nSPS) is 17.5. The van der Waals surface area contributed by atoms with Crippen LogP contribution in [0, 0.1) is 0 Å². The van der Waals surface area contributed by atoms with Crippen molar-refractivity contribution in [2.45, 2.75) is 45.1 Å². The van der Waals surface area contributed by atoms with E-state index in [2.05, 4.69) is 36.1 Å². The zero-order valence-corrected chi connectivity index (χ0v) is 13.3. The largest absolute Gasteiger partial charge is 0.387 e. The average molecular weight is 302 g/mol. The van der Waals surface area contributed by atoms with Crippen LogP contribution in [0.2, 0.25) is 0 Å². The molecule has 1 aliphatic rings. The van der Waals surface area contributed by atoms with Crippen LogP contribution in [-0.2, 0) is 6.42 Å². The van der Waals surface area contributed by atoms with E-state index in [1.54, 1.807) is 11.3 Å². The van der Waals surface area contributed by atoms with Gasteiger partial charge in [0.2, 0.25) is 0 Å². The summed E-state index contributed by atoms with van der Waals surface area (Å²) in [7, 11) is 0. The van der Waals surface area contributed by atoms with Gasteiger partial charge in [0, 0.05) is 17.1 Å². The Morgan fingerprint density at radius 3 is 2.86 bits per heavy atom. The highest BCUT2D eigenvalue weighted by molar-refractivity contribution is 7.15. The third-order valence-corrected chi connectivity index (χ3v) is 5.10. The molecule has 1 aromatic heterocycles. The highest BCUT2D eigenvalue weighted by Gasteiger charge is 2.25. The number of aryl methyl sites for hydroxylation is 1. The van der Waals surface area contributed by atoms with E-state index in [1.807, 2.05) is 6.07 Å². The van der Waals surface area contributed by atoms with Crippen LogP contribution in [0.5, 0.6) is 0 Å². The van der Waals surface area contributed by atoms with Crippen LogP contribution in [0.25, 0.3) is 0 Å². The number of benzene rings is 1. The Balaban J connectivity index is 1.93. The number of hydrogen-bond acceptors (Lipinski definition) is 4. The van der Waals surface area contributed by atoms with Crippen molar-refractivity contribution < 1.29 is 5.11 Å². The van der Waals surface area contributed by atoms with E-state index >= 15 is 0 Å². The van der Waals surface area contributed by atoms with Crippen LogP contribution in [0.1, 0.15) is 49.3 Å². The maximum absolute atomic E-state index is 10.1. The zero-order chi connectivity index (χ0) is 14.7. The minimum Gasteiger partial charge on any atom is -0.387 e. The molecule has 0 bridgehead atoms. The molecule has 1 aliphatic carbocycles. The van der Waals surface area contributed by atoms with Crippen molar-refractivity contribution in [3.63, 3.8) is 0 Å². The van der Waals surface area contributed by atoms with Crippen molar-refractivity contribution in [3.8, 4) is 0 Å². The van der Waals surface area contributed by atoms with Crippen LogP contribution in [0.3, 0.4) is 0 Å². The molecule has 21 heavy (non-hydrogen) atoms. The predicted octanol–water partition coefficient (Wildman–Crippen LogP) is 4.45. The van der Waals surface area contributed by atoms with E-state index in [4.69, 9.17) is 4.98 Å². The zero-order valence-electron chi connectivity index (χ0n) is 12.5. The molecular formula is C17H22N2OS. The Kier molecular flexibility index (Phi) is 4.56. The summed E-state index contributed by atoms with van der Waals surface area (Å²) in [6, 6.07) is 10.4. The van der Waals surface area contributed by atoms with E-state index in [9.17, 15) is 5.11 Å². The Hall–Kier alpha value is -1.39. The first-order chi connectivity index (χ1) is 10.3. The van der Waals surface area contributed by atoms with Crippen molar-refractivity contribution in [2.24, 2.45) is 0 Å². The lowest BCUT2D eigenvalue weighted by atomic mass is 10.0. The molecule has 0 fully saturated rings. The van der Waals surface area contributed by atoms with Gasteiger partial charge in [0.15, 0.2) is 5.13 Å². The molecule has 3 rings (SSSR count). The first-order valence-corrected chi connectivity index (χ1v) is 8.61. The average Bonchev–Trinajstić information content (AvgIpc) is 2.94. The summed E-state index contributed by atoms with van der Waals surface area (Å²) < 4.78 is 0. The SMILES string of the molecule is CCCCN(c1ccccc1)c1nc2c(s1)CCCC2O.